The molecule has 1 atom stereocenters. The van der Waals surface area contributed by atoms with Crippen LogP contribution in [0.4, 0.5) is 5.69 Å². The number of carbonyl (C=O) groups is 3. The van der Waals surface area contributed by atoms with Crippen molar-refractivity contribution in [1.82, 2.24) is 4.90 Å². The monoisotopic (exact) mass is 590 g/mol. The van der Waals surface area contributed by atoms with Crippen molar-refractivity contribution in [2.45, 2.75) is 39.3 Å². The van der Waals surface area contributed by atoms with E-state index in [-0.39, 0.29) is 18.1 Å². The molecule has 0 saturated heterocycles. The van der Waals surface area contributed by atoms with Gasteiger partial charge in [-0.3, -0.25) is 9.59 Å². The van der Waals surface area contributed by atoms with Crippen molar-refractivity contribution in [3.63, 3.8) is 0 Å². The van der Waals surface area contributed by atoms with Crippen LogP contribution in [0.15, 0.2) is 115 Å². The largest absolute Gasteiger partial charge is 0.494 e. The van der Waals surface area contributed by atoms with Gasteiger partial charge in [-0.25, -0.2) is 4.79 Å². The minimum absolute atomic E-state index is 0.0352. The van der Waals surface area contributed by atoms with Crippen LogP contribution in [0.2, 0.25) is 0 Å². The average molecular weight is 591 g/mol. The zero-order chi connectivity index (χ0) is 31.3. The van der Waals surface area contributed by atoms with Crippen LogP contribution in [-0.2, 0) is 22.6 Å². The van der Waals surface area contributed by atoms with E-state index < -0.39 is 12.0 Å². The lowest BCUT2D eigenvalue weighted by Crippen LogP contribution is -2.32. The highest BCUT2D eigenvalue weighted by Crippen LogP contribution is 2.22. The predicted molar refractivity (Wildman–Crippen MR) is 173 cm³/mol. The lowest BCUT2D eigenvalue weighted by molar-refractivity contribution is -0.137. The second-order valence-corrected chi connectivity index (χ2v) is 10.6. The molecule has 7 nitrogen and oxygen atoms in total. The molecule has 1 amide bonds. The van der Waals surface area contributed by atoms with E-state index in [0.717, 1.165) is 16.7 Å². The van der Waals surface area contributed by atoms with Gasteiger partial charge in [0.05, 0.1) is 6.61 Å². The molecule has 0 unspecified atom stereocenters. The van der Waals surface area contributed by atoms with E-state index >= 15 is 0 Å². The van der Waals surface area contributed by atoms with Crippen LogP contribution in [0.1, 0.15) is 46.0 Å². The van der Waals surface area contributed by atoms with E-state index in [1.54, 1.807) is 60.7 Å². The summed E-state index contributed by atoms with van der Waals surface area (Å²) >= 11 is 0. The number of carboxylic acids is 1. The SMILES string of the molecule is C/C=C/C(=O)N(CCCOc1ccc(C[C@H](Nc2ccccc2C(=O)c2ccccc2)C(=O)O)cc1)Cc1cccc(C)c1. The smallest absolute Gasteiger partial charge is 0.326 e. The first-order chi connectivity index (χ1) is 21.3. The van der Waals surface area contributed by atoms with Crippen molar-refractivity contribution in [3.8, 4) is 5.75 Å². The minimum atomic E-state index is -1.02. The maximum atomic E-state index is 13.1. The molecule has 0 radical (unpaired) electrons. The van der Waals surface area contributed by atoms with Gasteiger partial charge in [-0.15, -0.1) is 0 Å². The Balaban J connectivity index is 1.33. The number of hydrogen-bond acceptors (Lipinski definition) is 5. The fourth-order valence-corrected chi connectivity index (χ4v) is 4.89. The second kappa shape index (κ2) is 15.9. The molecule has 4 aromatic carbocycles. The van der Waals surface area contributed by atoms with Crippen LogP contribution in [0.3, 0.4) is 0 Å². The van der Waals surface area contributed by atoms with Gasteiger partial charge in [0.1, 0.15) is 11.8 Å². The molecule has 7 heteroatoms. The summed E-state index contributed by atoms with van der Waals surface area (Å²) < 4.78 is 5.93. The van der Waals surface area contributed by atoms with Gasteiger partial charge >= 0.3 is 5.97 Å². The molecule has 4 rings (SSSR count). The number of anilines is 1. The lowest BCUT2D eigenvalue weighted by Gasteiger charge is -2.22. The topological polar surface area (TPSA) is 95.9 Å². The Hall–Kier alpha value is -5.17. The van der Waals surface area contributed by atoms with E-state index in [2.05, 4.69) is 11.4 Å². The number of carbonyl (C=O) groups excluding carboxylic acids is 2. The molecule has 0 aliphatic heterocycles. The molecule has 44 heavy (non-hydrogen) atoms. The number of carboxylic acid groups (broad SMARTS) is 1. The number of para-hydroxylation sites is 1. The van der Waals surface area contributed by atoms with Crippen LogP contribution < -0.4 is 10.1 Å². The van der Waals surface area contributed by atoms with E-state index in [0.29, 0.717) is 48.7 Å². The highest BCUT2D eigenvalue weighted by atomic mass is 16.5. The number of aryl methyl sites for hydroxylation is 1. The van der Waals surface area contributed by atoms with Crippen molar-refractivity contribution in [3.05, 3.63) is 143 Å². The molecule has 4 aromatic rings. The van der Waals surface area contributed by atoms with E-state index in [1.807, 2.05) is 67.3 Å². The van der Waals surface area contributed by atoms with Gasteiger partial charge in [-0.2, -0.15) is 0 Å². The molecule has 0 spiro atoms. The number of allylic oxidation sites excluding steroid dienone is 1. The van der Waals surface area contributed by atoms with E-state index in [9.17, 15) is 19.5 Å². The van der Waals surface area contributed by atoms with Crippen LogP contribution >= 0.6 is 0 Å². The summed E-state index contributed by atoms with van der Waals surface area (Å²) in [5.74, 6) is -0.566. The maximum Gasteiger partial charge on any atom is 0.326 e. The van der Waals surface area contributed by atoms with Crippen molar-refractivity contribution < 1.29 is 24.2 Å². The number of nitrogens with zero attached hydrogens (tertiary/aromatic N) is 1. The number of amides is 1. The highest BCUT2D eigenvalue weighted by Gasteiger charge is 2.21. The Bertz CT molecular complexity index is 1580. The summed E-state index contributed by atoms with van der Waals surface area (Å²) in [6.45, 7) is 5.38. The normalized spacial score (nSPS) is 11.6. The van der Waals surface area contributed by atoms with Crippen LogP contribution in [0.5, 0.6) is 5.75 Å². The number of benzene rings is 4. The average Bonchev–Trinajstić information content (AvgIpc) is 3.03. The highest BCUT2D eigenvalue weighted by molar-refractivity contribution is 6.12. The summed E-state index contributed by atoms with van der Waals surface area (Å²) in [4.78, 5) is 39.7. The zero-order valence-corrected chi connectivity index (χ0v) is 25.1. The lowest BCUT2D eigenvalue weighted by atomic mass is 10.00. The van der Waals surface area contributed by atoms with Crippen molar-refractivity contribution >= 4 is 23.3 Å². The molecular weight excluding hydrogens is 552 g/mol. The van der Waals surface area contributed by atoms with Gasteiger partial charge in [0.25, 0.3) is 0 Å². The van der Waals surface area contributed by atoms with Gasteiger partial charge in [-0.05, 0) is 61.7 Å². The van der Waals surface area contributed by atoms with Gasteiger partial charge in [0.15, 0.2) is 5.78 Å². The molecule has 0 saturated carbocycles. The van der Waals surface area contributed by atoms with Gasteiger partial charge in [0, 0.05) is 36.3 Å². The van der Waals surface area contributed by atoms with Crippen molar-refractivity contribution in [1.29, 1.82) is 0 Å². The Morgan fingerprint density at radius 3 is 2.32 bits per heavy atom. The summed E-state index contributed by atoms with van der Waals surface area (Å²) in [6, 6.07) is 30.4. The number of hydrogen-bond donors (Lipinski definition) is 2. The molecule has 226 valence electrons. The Labute approximate surface area is 258 Å². The Morgan fingerprint density at radius 2 is 1.61 bits per heavy atom. The molecular formula is C37H38N2O5. The van der Waals surface area contributed by atoms with Crippen molar-refractivity contribution in [2.75, 3.05) is 18.5 Å². The van der Waals surface area contributed by atoms with Crippen LogP contribution in [-0.4, -0.2) is 46.9 Å². The van der Waals surface area contributed by atoms with Crippen LogP contribution in [0, 0.1) is 6.92 Å². The molecule has 0 fully saturated rings. The predicted octanol–water partition coefficient (Wildman–Crippen LogP) is 6.71. The van der Waals surface area contributed by atoms with Gasteiger partial charge < -0.3 is 20.1 Å². The van der Waals surface area contributed by atoms with E-state index in [4.69, 9.17) is 4.74 Å². The van der Waals surface area contributed by atoms with Gasteiger partial charge in [0.2, 0.25) is 5.91 Å². The first-order valence-corrected chi connectivity index (χ1v) is 14.7. The number of nitrogens with one attached hydrogen (secondary N) is 1. The molecule has 0 aliphatic carbocycles. The molecule has 0 aromatic heterocycles. The number of rotatable bonds is 15. The maximum absolute atomic E-state index is 13.1. The third kappa shape index (κ3) is 9.16. The third-order valence-corrected chi connectivity index (χ3v) is 7.12. The Kier molecular flexibility index (Phi) is 11.5. The first kappa shape index (κ1) is 31.8. The summed E-state index contributed by atoms with van der Waals surface area (Å²) in [6.07, 6.45) is 4.19. The van der Waals surface area contributed by atoms with E-state index in [1.165, 1.54) is 0 Å². The van der Waals surface area contributed by atoms with Crippen molar-refractivity contribution in [2.24, 2.45) is 0 Å². The minimum Gasteiger partial charge on any atom is -0.494 e. The fraction of sp³-hybridized carbons (Fsp3) is 0.216. The summed E-state index contributed by atoms with van der Waals surface area (Å²) in [7, 11) is 0. The molecule has 0 bridgehead atoms. The molecule has 2 N–H and O–H groups in total. The Morgan fingerprint density at radius 1 is 0.886 bits per heavy atom. The zero-order valence-electron chi connectivity index (χ0n) is 25.1. The summed E-state index contributed by atoms with van der Waals surface area (Å²) in [5.41, 5.74) is 4.47. The number of aliphatic carboxylic acids is 1. The second-order valence-electron chi connectivity index (χ2n) is 10.6. The quantitative estimate of drug-likeness (QED) is 0.0908. The first-order valence-electron chi connectivity index (χ1n) is 14.7. The number of ketones is 1. The third-order valence-electron chi connectivity index (χ3n) is 7.12. The fourth-order valence-electron chi connectivity index (χ4n) is 4.89. The summed E-state index contributed by atoms with van der Waals surface area (Å²) in [5, 5.41) is 13.0. The molecule has 0 heterocycles. The standard InChI is InChI=1S/C37H38N2O5/c1-3-11-35(40)39(26-29-13-9-12-27(2)24-29)22-10-23-44-31-20-18-28(19-21-31)25-34(37(42)43)38-33-17-8-7-16-32(33)36(41)30-14-5-4-6-15-30/h3-9,11-21,24,34,38H,10,22-23,25-26H2,1-2H3,(H,42,43)/b11-3+/t34-/m0/s1. The molecule has 0 aliphatic rings. The van der Waals surface area contributed by atoms with Gasteiger partial charge in [-0.1, -0.05) is 90.5 Å². The van der Waals surface area contributed by atoms with Crippen LogP contribution in [0.25, 0.3) is 0 Å². The number of ether oxygens (including phenoxy) is 1.